The lowest BCUT2D eigenvalue weighted by molar-refractivity contribution is -0.137. The molecule has 1 unspecified atom stereocenters. The molecule has 0 bridgehead atoms. The Morgan fingerprint density at radius 2 is 1.74 bits per heavy atom. The maximum atomic E-state index is 13.7. The number of carbonyl (C=O) groups is 1. The van der Waals surface area contributed by atoms with Crippen LogP contribution >= 0.6 is 0 Å². The monoisotopic (exact) mass is 436 g/mol. The van der Waals surface area contributed by atoms with E-state index in [1.54, 1.807) is 12.1 Å². The Morgan fingerprint density at radius 1 is 1.06 bits per heavy atom. The first-order valence-corrected chi connectivity index (χ1v) is 10.5. The first-order chi connectivity index (χ1) is 14.6. The molecule has 1 aliphatic rings. The van der Waals surface area contributed by atoms with Crippen molar-refractivity contribution in [3.05, 3.63) is 71.0 Å². The Labute approximate surface area is 180 Å². The average molecular weight is 436 g/mol. The van der Waals surface area contributed by atoms with Gasteiger partial charge in [-0.25, -0.2) is 4.39 Å². The third-order valence-corrected chi connectivity index (χ3v) is 6.09. The molecule has 3 nitrogen and oxygen atoms in total. The van der Waals surface area contributed by atoms with E-state index in [0.29, 0.717) is 12.5 Å². The molecule has 168 valence electrons. The molecular formula is C24H28F4N2O. The summed E-state index contributed by atoms with van der Waals surface area (Å²) in [7, 11) is 3.99. The van der Waals surface area contributed by atoms with E-state index in [4.69, 9.17) is 0 Å². The number of carbonyl (C=O) groups excluding carboxylic acids is 1. The molecule has 1 saturated carbocycles. The zero-order valence-electron chi connectivity index (χ0n) is 17.8. The van der Waals surface area contributed by atoms with Crippen LogP contribution in [0.2, 0.25) is 0 Å². The minimum absolute atomic E-state index is 0.0160. The van der Waals surface area contributed by atoms with Gasteiger partial charge in [-0.15, -0.1) is 0 Å². The Morgan fingerprint density at radius 3 is 2.35 bits per heavy atom. The molecular weight excluding hydrogens is 408 g/mol. The summed E-state index contributed by atoms with van der Waals surface area (Å²) in [6, 6.07) is 11.3. The van der Waals surface area contributed by atoms with Crippen molar-refractivity contribution in [1.29, 1.82) is 0 Å². The van der Waals surface area contributed by atoms with Crippen molar-refractivity contribution >= 4 is 5.91 Å². The number of hydrogen-bond donors (Lipinski definition) is 1. The van der Waals surface area contributed by atoms with E-state index in [1.165, 1.54) is 18.2 Å². The Bertz CT molecular complexity index is 889. The zero-order valence-corrected chi connectivity index (χ0v) is 17.8. The number of nitrogens with zero attached hydrogens (tertiary/aromatic N) is 1. The van der Waals surface area contributed by atoms with Crippen molar-refractivity contribution in [2.75, 3.05) is 20.6 Å². The summed E-state index contributed by atoms with van der Waals surface area (Å²) < 4.78 is 52.3. The average Bonchev–Trinajstić information content (AvgIpc) is 2.72. The number of halogens is 4. The molecule has 31 heavy (non-hydrogen) atoms. The summed E-state index contributed by atoms with van der Waals surface area (Å²) in [5.41, 5.74) is 0.154. The first kappa shape index (κ1) is 23.3. The standard InChI is InChI=1S/C24H28F4N2O/c1-30(2)22(18-5-4-8-21(25)14-18)17-11-9-16(10-12-17)15-29-23(31)19-6-3-7-20(13-19)24(26,27)28/h3-8,13-14,16-17,22H,9-12,15H2,1-2H3,(H,29,31). The Hall–Kier alpha value is -2.41. The largest absolute Gasteiger partial charge is 0.416 e. The fourth-order valence-corrected chi connectivity index (χ4v) is 4.57. The normalized spacial score (nSPS) is 20.5. The van der Waals surface area contributed by atoms with Gasteiger partial charge in [0.15, 0.2) is 0 Å². The number of benzene rings is 2. The quantitative estimate of drug-likeness (QED) is 0.591. The summed E-state index contributed by atoms with van der Waals surface area (Å²) >= 11 is 0. The summed E-state index contributed by atoms with van der Waals surface area (Å²) in [6.45, 7) is 0.439. The maximum absolute atomic E-state index is 13.7. The Balaban J connectivity index is 1.55. The Kier molecular flexibility index (Phi) is 7.36. The highest BCUT2D eigenvalue weighted by Crippen LogP contribution is 2.39. The topological polar surface area (TPSA) is 32.3 Å². The van der Waals surface area contributed by atoms with Gasteiger partial charge in [0.25, 0.3) is 5.91 Å². The van der Waals surface area contributed by atoms with E-state index in [1.807, 2.05) is 20.2 Å². The number of hydrogen-bond acceptors (Lipinski definition) is 2. The molecule has 0 radical (unpaired) electrons. The number of nitrogens with one attached hydrogen (secondary N) is 1. The van der Waals surface area contributed by atoms with Crippen LogP contribution in [0.5, 0.6) is 0 Å². The predicted octanol–water partition coefficient (Wildman–Crippen LogP) is 5.68. The van der Waals surface area contributed by atoms with Crippen LogP contribution in [0.3, 0.4) is 0 Å². The smallest absolute Gasteiger partial charge is 0.352 e. The SMILES string of the molecule is CN(C)C(c1cccc(F)c1)C1CCC(CNC(=O)c2cccc(C(F)(F)F)c2)CC1. The van der Waals surface area contributed by atoms with Crippen LogP contribution in [-0.4, -0.2) is 31.4 Å². The van der Waals surface area contributed by atoms with Crippen LogP contribution in [0, 0.1) is 17.7 Å². The summed E-state index contributed by atoms with van der Waals surface area (Å²) in [6.07, 6.45) is -0.757. The van der Waals surface area contributed by atoms with Gasteiger partial charge < -0.3 is 10.2 Å². The van der Waals surface area contributed by atoms with Gasteiger partial charge >= 0.3 is 6.18 Å². The van der Waals surface area contributed by atoms with Gasteiger partial charge in [-0.05, 0) is 87.5 Å². The number of amides is 1. The van der Waals surface area contributed by atoms with Crippen molar-refractivity contribution in [3.63, 3.8) is 0 Å². The van der Waals surface area contributed by atoms with Crippen LogP contribution < -0.4 is 5.32 Å². The highest BCUT2D eigenvalue weighted by atomic mass is 19.4. The van der Waals surface area contributed by atoms with Crippen LogP contribution in [0.4, 0.5) is 17.6 Å². The van der Waals surface area contributed by atoms with Crippen LogP contribution in [-0.2, 0) is 6.18 Å². The highest BCUT2D eigenvalue weighted by Gasteiger charge is 2.32. The fourth-order valence-electron chi connectivity index (χ4n) is 4.57. The lowest BCUT2D eigenvalue weighted by atomic mass is 9.76. The predicted molar refractivity (Wildman–Crippen MR) is 112 cm³/mol. The minimum Gasteiger partial charge on any atom is -0.352 e. The van der Waals surface area contributed by atoms with Crippen molar-refractivity contribution in [1.82, 2.24) is 10.2 Å². The molecule has 1 N–H and O–H groups in total. The molecule has 0 aromatic heterocycles. The third-order valence-electron chi connectivity index (χ3n) is 6.09. The molecule has 1 amide bonds. The molecule has 1 atom stereocenters. The second-order valence-electron chi connectivity index (χ2n) is 8.53. The van der Waals surface area contributed by atoms with Crippen molar-refractivity contribution in [2.24, 2.45) is 11.8 Å². The molecule has 0 heterocycles. The van der Waals surface area contributed by atoms with Crippen molar-refractivity contribution in [3.8, 4) is 0 Å². The molecule has 0 spiro atoms. The van der Waals surface area contributed by atoms with E-state index in [0.717, 1.165) is 43.4 Å². The van der Waals surface area contributed by atoms with Crippen LogP contribution in [0.25, 0.3) is 0 Å². The van der Waals surface area contributed by atoms with Gasteiger partial charge in [0, 0.05) is 18.2 Å². The molecule has 2 aromatic rings. The van der Waals surface area contributed by atoms with Gasteiger partial charge in [0.05, 0.1) is 5.56 Å². The summed E-state index contributed by atoms with van der Waals surface area (Å²) in [5.74, 6) is -0.0666. The van der Waals surface area contributed by atoms with E-state index in [-0.39, 0.29) is 23.3 Å². The molecule has 3 rings (SSSR count). The van der Waals surface area contributed by atoms with E-state index in [2.05, 4.69) is 10.2 Å². The number of rotatable bonds is 6. The van der Waals surface area contributed by atoms with Gasteiger partial charge in [0.2, 0.25) is 0 Å². The van der Waals surface area contributed by atoms with Gasteiger partial charge in [-0.1, -0.05) is 18.2 Å². The zero-order chi connectivity index (χ0) is 22.6. The van der Waals surface area contributed by atoms with E-state index >= 15 is 0 Å². The van der Waals surface area contributed by atoms with E-state index in [9.17, 15) is 22.4 Å². The molecule has 0 saturated heterocycles. The van der Waals surface area contributed by atoms with Crippen LogP contribution in [0.1, 0.15) is 53.2 Å². The lowest BCUT2D eigenvalue weighted by Gasteiger charge is -2.37. The summed E-state index contributed by atoms with van der Waals surface area (Å²) in [4.78, 5) is 14.4. The van der Waals surface area contributed by atoms with Crippen molar-refractivity contribution < 1.29 is 22.4 Å². The van der Waals surface area contributed by atoms with Crippen molar-refractivity contribution in [2.45, 2.75) is 37.9 Å². The van der Waals surface area contributed by atoms with Gasteiger partial charge in [-0.2, -0.15) is 13.2 Å². The fraction of sp³-hybridized carbons (Fsp3) is 0.458. The lowest BCUT2D eigenvalue weighted by Crippen LogP contribution is -2.34. The van der Waals surface area contributed by atoms with Crippen LogP contribution in [0.15, 0.2) is 48.5 Å². The molecule has 1 aliphatic carbocycles. The highest BCUT2D eigenvalue weighted by molar-refractivity contribution is 5.94. The molecule has 2 aromatic carbocycles. The minimum atomic E-state index is -4.47. The molecule has 7 heteroatoms. The van der Waals surface area contributed by atoms with E-state index < -0.39 is 17.6 Å². The second-order valence-corrected chi connectivity index (χ2v) is 8.53. The second kappa shape index (κ2) is 9.81. The maximum Gasteiger partial charge on any atom is 0.416 e. The van der Waals surface area contributed by atoms with Gasteiger partial charge in [-0.3, -0.25) is 4.79 Å². The molecule has 0 aliphatic heterocycles. The summed E-state index contributed by atoms with van der Waals surface area (Å²) in [5, 5.41) is 2.79. The first-order valence-electron chi connectivity index (χ1n) is 10.5. The molecule has 1 fully saturated rings. The number of alkyl halides is 3. The van der Waals surface area contributed by atoms with Gasteiger partial charge in [0.1, 0.15) is 5.82 Å². The third kappa shape index (κ3) is 6.06.